The molecule has 1 aliphatic heterocycles. The topological polar surface area (TPSA) is 3.01 Å². The van der Waals surface area contributed by atoms with Crippen molar-refractivity contribution in [1.29, 1.82) is 0 Å². The largest absolute Gasteiger partial charge is 0.361 e. The van der Waals surface area contributed by atoms with Crippen molar-refractivity contribution in [3.05, 3.63) is 28.8 Å². The van der Waals surface area contributed by atoms with Gasteiger partial charge in [0.2, 0.25) is 0 Å². The van der Waals surface area contributed by atoms with Crippen LogP contribution in [0.4, 0.5) is 5.69 Å². The minimum Gasteiger partial charge on any atom is -0.361 e. The number of unbranched alkanes of at least 4 members (excludes halogenated alkanes) is 1. The zero-order valence-corrected chi connectivity index (χ0v) is 11.9. The summed E-state index contributed by atoms with van der Waals surface area (Å²) in [6.07, 6.45) is 4.02. The molecule has 1 nitrogen and oxygen atoms in total. The second-order valence-corrected chi connectivity index (χ2v) is 5.60. The molecule has 1 heterocycles. The van der Waals surface area contributed by atoms with Crippen LogP contribution in [0.1, 0.15) is 49.8 Å². The van der Waals surface area contributed by atoms with Crippen molar-refractivity contribution in [2.24, 2.45) is 0 Å². The summed E-state index contributed by atoms with van der Waals surface area (Å²) in [6.45, 7) is 11.3. The van der Waals surface area contributed by atoms with Gasteiger partial charge in [-0.05, 0) is 45.2 Å². The number of anilines is 1. The fourth-order valence-electron chi connectivity index (χ4n) is 3.16. The van der Waals surface area contributed by atoms with E-state index < -0.39 is 0 Å². The van der Waals surface area contributed by atoms with Crippen molar-refractivity contribution < 1.29 is 0 Å². The van der Waals surface area contributed by atoms with E-state index in [1.807, 2.05) is 0 Å². The third-order valence-electron chi connectivity index (χ3n) is 4.01. The quantitative estimate of drug-likeness (QED) is 0.695. The fraction of sp³-hybridized carbons (Fsp3) is 0.625. The second kappa shape index (κ2) is 4.72. The van der Waals surface area contributed by atoms with Crippen LogP contribution in [0.25, 0.3) is 0 Å². The Kier molecular flexibility index (Phi) is 3.46. The molecule has 94 valence electrons. The number of hydrogen-bond donors (Lipinski definition) is 0. The Hall–Kier alpha value is -0.980. The number of hydrogen-bond acceptors (Lipinski definition) is 1. The molecule has 0 amide bonds. The first-order valence-electron chi connectivity index (χ1n) is 6.92. The van der Waals surface area contributed by atoms with Crippen molar-refractivity contribution in [1.82, 2.24) is 0 Å². The Labute approximate surface area is 106 Å². The SMILES string of the molecule is CCCCC1C(C)N1c1c(C)cc(C)cc1C. The molecule has 2 atom stereocenters. The summed E-state index contributed by atoms with van der Waals surface area (Å²) in [6, 6.07) is 6.14. The minimum absolute atomic E-state index is 0.738. The molecule has 2 unspecified atom stereocenters. The van der Waals surface area contributed by atoms with E-state index in [1.165, 1.54) is 41.6 Å². The Morgan fingerprint density at radius 1 is 1.12 bits per heavy atom. The summed E-state index contributed by atoms with van der Waals surface area (Å²) in [5, 5.41) is 0. The lowest BCUT2D eigenvalue weighted by atomic mass is 10.0. The average Bonchev–Trinajstić information content (AvgIpc) is 2.85. The fourth-order valence-corrected chi connectivity index (χ4v) is 3.16. The van der Waals surface area contributed by atoms with Gasteiger partial charge in [0.1, 0.15) is 0 Å². The molecule has 0 N–H and O–H groups in total. The van der Waals surface area contributed by atoms with E-state index in [4.69, 9.17) is 0 Å². The summed E-state index contributed by atoms with van der Waals surface area (Å²) in [5.41, 5.74) is 5.74. The van der Waals surface area contributed by atoms with Gasteiger partial charge in [0.25, 0.3) is 0 Å². The van der Waals surface area contributed by atoms with Crippen LogP contribution in [0.15, 0.2) is 12.1 Å². The third kappa shape index (κ3) is 2.34. The van der Waals surface area contributed by atoms with Crippen molar-refractivity contribution in [2.75, 3.05) is 4.90 Å². The molecule has 1 heteroatoms. The van der Waals surface area contributed by atoms with E-state index in [0.717, 1.165) is 12.1 Å². The molecule has 1 fully saturated rings. The van der Waals surface area contributed by atoms with Gasteiger partial charge in [-0.15, -0.1) is 0 Å². The van der Waals surface area contributed by atoms with Crippen LogP contribution >= 0.6 is 0 Å². The van der Waals surface area contributed by atoms with Crippen LogP contribution in [0.2, 0.25) is 0 Å². The molecule has 0 aromatic heterocycles. The predicted molar refractivity (Wildman–Crippen MR) is 75.9 cm³/mol. The van der Waals surface area contributed by atoms with E-state index in [1.54, 1.807) is 0 Å². The number of rotatable bonds is 4. The third-order valence-corrected chi connectivity index (χ3v) is 4.01. The zero-order chi connectivity index (χ0) is 12.6. The van der Waals surface area contributed by atoms with Gasteiger partial charge in [-0.3, -0.25) is 0 Å². The van der Waals surface area contributed by atoms with Gasteiger partial charge in [-0.2, -0.15) is 0 Å². The molecule has 0 spiro atoms. The van der Waals surface area contributed by atoms with E-state index >= 15 is 0 Å². The first kappa shape index (κ1) is 12.5. The van der Waals surface area contributed by atoms with Crippen molar-refractivity contribution in [3.63, 3.8) is 0 Å². The van der Waals surface area contributed by atoms with Gasteiger partial charge in [0.05, 0.1) is 0 Å². The Morgan fingerprint density at radius 2 is 1.71 bits per heavy atom. The standard InChI is InChI=1S/C16H25N/c1-6-7-8-15-14(5)17(15)16-12(3)9-11(2)10-13(16)4/h9-10,14-15H,6-8H2,1-5H3. The van der Waals surface area contributed by atoms with Gasteiger partial charge in [-0.1, -0.05) is 37.5 Å². The Bertz CT molecular complexity index is 385. The molecule has 2 rings (SSSR count). The van der Waals surface area contributed by atoms with E-state index in [9.17, 15) is 0 Å². The van der Waals surface area contributed by atoms with E-state index in [0.29, 0.717) is 0 Å². The molecule has 1 aliphatic rings. The highest BCUT2D eigenvalue weighted by Gasteiger charge is 2.44. The number of aryl methyl sites for hydroxylation is 3. The maximum Gasteiger partial charge on any atom is 0.0495 e. The first-order valence-corrected chi connectivity index (χ1v) is 6.92. The van der Waals surface area contributed by atoms with Gasteiger partial charge in [0, 0.05) is 17.8 Å². The minimum atomic E-state index is 0.738. The normalized spacial score (nSPS) is 23.0. The molecule has 0 aliphatic carbocycles. The van der Waals surface area contributed by atoms with Crippen LogP contribution in [0.5, 0.6) is 0 Å². The molecule has 0 saturated carbocycles. The highest BCUT2D eigenvalue weighted by Crippen LogP contribution is 2.41. The summed E-state index contributed by atoms with van der Waals surface area (Å²) in [5.74, 6) is 0. The Morgan fingerprint density at radius 3 is 2.24 bits per heavy atom. The van der Waals surface area contributed by atoms with Crippen LogP contribution in [0, 0.1) is 20.8 Å². The maximum absolute atomic E-state index is 2.61. The Balaban J connectivity index is 2.19. The molecular weight excluding hydrogens is 206 g/mol. The summed E-state index contributed by atoms with van der Waals surface area (Å²) in [7, 11) is 0. The van der Waals surface area contributed by atoms with Crippen molar-refractivity contribution >= 4 is 5.69 Å². The number of benzene rings is 1. The van der Waals surface area contributed by atoms with Gasteiger partial charge < -0.3 is 4.90 Å². The number of nitrogens with zero attached hydrogens (tertiary/aromatic N) is 1. The highest BCUT2D eigenvalue weighted by atomic mass is 15.3. The lowest BCUT2D eigenvalue weighted by Crippen LogP contribution is -2.04. The van der Waals surface area contributed by atoms with Gasteiger partial charge in [0.15, 0.2) is 0 Å². The first-order chi connectivity index (χ1) is 8.06. The maximum atomic E-state index is 2.61. The van der Waals surface area contributed by atoms with Crippen molar-refractivity contribution in [3.8, 4) is 0 Å². The molecular formula is C16H25N. The van der Waals surface area contributed by atoms with Crippen LogP contribution in [-0.4, -0.2) is 12.1 Å². The second-order valence-electron chi connectivity index (χ2n) is 5.60. The monoisotopic (exact) mass is 231 g/mol. The van der Waals surface area contributed by atoms with Crippen molar-refractivity contribution in [2.45, 2.75) is 66.0 Å². The predicted octanol–water partition coefficient (Wildman–Crippen LogP) is 4.38. The molecule has 1 aromatic carbocycles. The molecule has 0 bridgehead atoms. The van der Waals surface area contributed by atoms with Crippen LogP contribution < -0.4 is 4.90 Å². The summed E-state index contributed by atoms with van der Waals surface area (Å²) < 4.78 is 0. The molecule has 0 radical (unpaired) electrons. The van der Waals surface area contributed by atoms with Crippen LogP contribution in [0.3, 0.4) is 0 Å². The molecule has 17 heavy (non-hydrogen) atoms. The summed E-state index contributed by atoms with van der Waals surface area (Å²) in [4.78, 5) is 2.61. The van der Waals surface area contributed by atoms with Gasteiger partial charge >= 0.3 is 0 Å². The zero-order valence-electron chi connectivity index (χ0n) is 11.9. The van der Waals surface area contributed by atoms with Gasteiger partial charge in [-0.25, -0.2) is 0 Å². The smallest absolute Gasteiger partial charge is 0.0495 e. The van der Waals surface area contributed by atoms with E-state index in [-0.39, 0.29) is 0 Å². The molecule has 1 aromatic rings. The van der Waals surface area contributed by atoms with Crippen LogP contribution in [-0.2, 0) is 0 Å². The van der Waals surface area contributed by atoms with E-state index in [2.05, 4.69) is 51.7 Å². The highest BCUT2D eigenvalue weighted by molar-refractivity contribution is 5.66. The lowest BCUT2D eigenvalue weighted by Gasteiger charge is -2.14. The molecule has 1 saturated heterocycles. The average molecular weight is 231 g/mol. The summed E-state index contributed by atoms with van der Waals surface area (Å²) >= 11 is 0. The lowest BCUT2D eigenvalue weighted by molar-refractivity contribution is 0.703.